The fourth-order valence-corrected chi connectivity index (χ4v) is 3.36. The molecule has 2 nitrogen and oxygen atoms in total. The molecule has 2 N–H and O–H groups in total. The lowest BCUT2D eigenvalue weighted by Crippen LogP contribution is -2.31. The second kappa shape index (κ2) is 4.30. The fraction of sp³-hybridized carbons (Fsp3) is 0.294. The van der Waals surface area contributed by atoms with Crippen molar-refractivity contribution in [2.75, 3.05) is 5.32 Å². The van der Waals surface area contributed by atoms with Gasteiger partial charge in [-0.2, -0.15) is 0 Å². The summed E-state index contributed by atoms with van der Waals surface area (Å²) in [5.74, 6) is 0.312. The molecule has 0 fully saturated rings. The molecule has 0 saturated carbocycles. The van der Waals surface area contributed by atoms with E-state index in [9.17, 15) is 5.11 Å². The molecule has 0 radical (unpaired) electrons. The number of hydrogen-bond acceptors (Lipinski definition) is 2. The van der Waals surface area contributed by atoms with Crippen LogP contribution < -0.4 is 5.32 Å². The average molecular weight is 253 g/mol. The van der Waals surface area contributed by atoms with Crippen molar-refractivity contribution >= 4 is 11.4 Å². The molecule has 0 saturated heterocycles. The molecule has 0 spiro atoms. The second-order valence-corrected chi connectivity index (χ2v) is 5.19. The van der Waals surface area contributed by atoms with Crippen LogP contribution in [0, 0.1) is 0 Å². The van der Waals surface area contributed by atoms with E-state index in [2.05, 4.69) is 49.5 Å². The number of aromatic hydroxyl groups is 1. The van der Waals surface area contributed by atoms with E-state index in [1.807, 2.05) is 6.07 Å². The Morgan fingerprint density at radius 3 is 2.37 bits per heavy atom. The minimum Gasteiger partial charge on any atom is -0.508 e. The van der Waals surface area contributed by atoms with E-state index in [0.717, 1.165) is 24.2 Å². The summed E-state index contributed by atoms with van der Waals surface area (Å²) < 4.78 is 0. The molecule has 0 atom stereocenters. The zero-order chi connectivity index (χ0) is 13.5. The largest absolute Gasteiger partial charge is 0.508 e. The first kappa shape index (κ1) is 12.1. The third-order valence-electron chi connectivity index (χ3n) is 4.44. The molecule has 19 heavy (non-hydrogen) atoms. The molecule has 1 aliphatic heterocycles. The van der Waals surface area contributed by atoms with Crippen LogP contribution in [0.15, 0.2) is 42.5 Å². The molecular formula is C17H19NO. The Morgan fingerprint density at radius 2 is 1.63 bits per heavy atom. The van der Waals surface area contributed by atoms with Crippen LogP contribution in [0.3, 0.4) is 0 Å². The highest BCUT2D eigenvalue weighted by Gasteiger charge is 2.37. The lowest BCUT2D eigenvalue weighted by atomic mass is 9.68. The van der Waals surface area contributed by atoms with Crippen molar-refractivity contribution in [1.29, 1.82) is 0 Å². The smallest absolute Gasteiger partial charge is 0.117 e. The van der Waals surface area contributed by atoms with Crippen LogP contribution >= 0.6 is 0 Å². The Labute approximate surface area is 114 Å². The van der Waals surface area contributed by atoms with Gasteiger partial charge in [0.1, 0.15) is 5.75 Å². The Morgan fingerprint density at radius 1 is 0.947 bits per heavy atom. The molecule has 2 aromatic carbocycles. The first-order valence-electron chi connectivity index (χ1n) is 6.91. The highest BCUT2D eigenvalue weighted by Crippen LogP contribution is 2.50. The van der Waals surface area contributed by atoms with Crippen LogP contribution in [0.2, 0.25) is 0 Å². The van der Waals surface area contributed by atoms with E-state index in [1.165, 1.54) is 11.1 Å². The Kier molecular flexibility index (Phi) is 2.74. The summed E-state index contributed by atoms with van der Waals surface area (Å²) in [7, 11) is 0. The summed E-state index contributed by atoms with van der Waals surface area (Å²) in [6.45, 7) is 4.48. The molecule has 1 heterocycles. The van der Waals surface area contributed by atoms with Gasteiger partial charge in [0.2, 0.25) is 0 Å². The SMILES string of the molecule is CCC1(CC)c2ccccc2Nc2cc(O)ccc21. The first-order chi connectivity index (χ1) is 9.21. The first-order valence-corrected chi connectivity index (χ1v) is 6.91. The predicted octanol–water partition coefficient (Wildman–Crippen LogP) is 4.56. The van der Waals surface area contributed by atoms with Crippen LogP contribution in [0.25, 0.3) is 0 Å². The molecule has 2 aromatic rings. The van der Waals surface area contributed by atoms with Gasteiger partial charge in [0.25, 0.3) is 0 Å². The molecule has 98 valence electrons. The highest BCUT2D eigenvalue weighted by molar-refractivity contribution is 5.76. The minimum absolute atomic E-state index is 0.0465. The van der Waals surface area contributed by atoms with Gasteiger partial charge in [0.05, 0.1) is 0 Å². The van der Waals surface area contributed by atoms with Crippen molar-refractivity contribution in [2.45, 2.75) is 32.1 Å². The van der Waals surface area contributed by atoms with Crippen molar-refractivity contribution in [3.05, 3.63) is 53.6 Å². The van der Waals surface area contributed by atoms with E-state index < -0.39 is 0 Å². The van der Waals surface area contributed by atoms with Crippen molar-refractivity contribution < 1.29 is 5.11 Å². The normalized spacial score (nSPS) is 15.3. The summed E-state index contributed by atoms with van der Waals surface area (Å²) in [6.07, 6.45) is 2.11. The highest BCUT2D eigenvalue weighted by atomic mass is 16.3. The number of fused-ring (bicyclic) bond motifs is 2. The molecule has 2 heteroatoms. The maximum Gasteiger partial charge on any atom is 0.117 e. The Balaban J connectivity index is 2.30. The molecule has 3 rings (SSSR count). The lowest BCUT2D eigenvalue weighted by molar-refractivity contribution is 0.465. The molecular weight excluding hydrogens is 234 g/mol. The number of anilines is 2. The fourth-order valence-electron chi connectivity index (χ4n) is 3.36. The Bertz CT molecular complexity index is 614. The van der Waals surface area contributed by atoms with Gasteiger partial charge in [-0.1, -0.05) is 38.1 Å². The van der Waals surface area contributed by atoms with Crippen LogP contribution in [0.5, 0.6) is 5.75 Å². The number of rotatable bonds is 2. The van der Waals surface area contributed by atoms with Crippen LogP contribution in [-0.4, -0.2) is 5.11 Å². The van der Waals surface area contributed by atoms with Crippen molar-refractivity contribution in [3.8, 4) is 5.75 Å². The quantitative estimate of drug-likeness (QED) is 0.822. The van der Waals surface area contributed by atoms with E-state index >= 15 is 0 Å². The lowest BCUT2D eigenvalue weighted by Gasteiger charge is -2.40. The summed E-state index contributed by atoms with van der Waals surface area (Å²) in [6, 6.07) is 14.1. The summed E-state index contributed by atoms with van der Waals surface area (Å²) >= 11 is 0. The van der Waals surface area contributed by atoms with Gasteiger partial charge in [-0.15, -0.1) is 0 Å². The van der Waals surface area contributed by atoms with Crippen molar-refractivity contribution in [3.63, 3.8) is 0 Å². The monoisotopic (exact) mass is 253 g/mol. The van der Waals surface area contributed by atoms with Crippen LogP contribution in [0.1, 0.15) is 37.8 Å². The predicted molar refractivity (Wildman–Crippen MR) is 79.2 cm³/mol. The van der Waals surface area contributed by atoms with Gasteiger partial charge >= 0.3 is 0 Å². The van der Waals surface area contributed by atoms with Gasteiger partial charge in [-0.3, -0.25) is 0 Å². The van der Waals surface area contributed by atoms with E-state index in [1.54, 1.807) is 6.07 Å². The number of phenolic OH excluding ortho intramolecular Hbond substituents is 1. The topological polar surface area (TPSA) is 32.3 Å². The van der Waals surface area contributed by atoms with Gasteiger partial charge in [-0.05, 0) is 36.1 Å². The van der Waals surface area contributed by atoms with E-state index in [-0.39, 0.29) is 5.41 Å². The van der Waals surface area contributed by atoms with Crippen LogP contribution in [0.4, 0.5) is 11.4 Å². The summed E-state index contributed by atoms with van der Waals surface area (Å²) in [5.41, 5.74) is 4.88. The zero-order valence-corrected chi connectivity index (χ0v) is 11.4. The zero-order valence-electron chi connectivity index (χ0n) is 11.4. The van der Waals surface area contributed by atoms with E-state index in [0.29, 0.717) is 5.75 Å². The number of phenols is 1. The van der Waals surface area contributed by atoms with Gasteiger partial charge in [0, 0.05) is 22.9 Å². The van der Waals surface area contributed by atoms with Crippen molar-refractivity contribution in [1.82, 2.24) is 0 Å². The molecule has 0 amide bonds. The number of nitrogens with one attached hydrogen (secondary N) is 1. The third-order valence-corrected chi connectivity index (χ3v) is 4.44. The van der Waals surface area contributed by atoms with Gasteiger partial charge < -0.3 is 10.4 Å². The maximum atomic E-state index is 9.71. The number of benzene rings is 2. The molecule has 0 aliphatic carbocycles. The minimum atomic E-state index is 0.0465. The summed E-state index contributed by atoms with van der Waals surface area (Å²) in [5, 5.41) is 13.2. The average Bonchev–Trinajstić information content (AvgIpc) is 2.44. The molecule has 0 unspecified atom stereocenters. The van der Waals surface area contributed by atoms with Gasteiger partial charge in [-0.25, -0.2) is 0 Å². The van der Waals surface area contributed by atoms with Crippen LogP contribution in [-0.2, 0) is 5.41 Å². The second-order valence-electron chi connectivity index (χ2n) is 5.19. The van der Waals surface area contributed by atoms with Crippen molar-refractivity contribution in [2.24, 2.45) is 0 Å². The molecule has 1 aliphatic rings. The molecule has 0 bridgehead atoms. The summed E-state index contributed by atoms with van der Waals surface area (Å²) in [4.78, 5) is 0. The van der Waals surface area contributed by atoms with E-state index in [4.69, 9.17) is 0 Å². The number of hydrogen-bond donors (Lipinski definition) is 2. The third kappa shape index (κ3) is 1.63. The number of para-hydroxylation sites is 1. The standard InChI is InChI=1S/C17H19NO/c1-3-17(4-2)13-7-5-6-8-15(13)18-16-11-12(19)9-10-14(16)17/h5-11,18-19H,3-4H2,1-2H3. The Hall–Kier alpha value is -1.96. The molecule has 0 aromatic heterocycles. The maximum absolute atomic E-state index is 9.71. The van der Waals surface area contributed by atoms with Gasteiger partial charge in [0.15, 0.2) is 0 Å².